The van der Waals surface area contributed by atoms with Gasteiger partial charge in [-0.1, -0.05) is 0 Å². The highest BCUT2D eigenvalue weighted by atomic mass is 16.7. The smallest absolute Gasteiger partial charge is 0.162 e. The number of nitrogens with zero attached hydrogens (tertiary/aromatic N) is 3. The molecule has 2 aromatic rings. The maximum Gasteiger partial charge on any atom is 0.162 e. The van der Waals surface area contributed by atoms with Crippen molar-refractivity contribution in [2.45, 2.75) is 32.6 Å². The third-order valence-electron chi connectivity index (χ3n) is 3.46. The molecule has 6 nitrogen and oxygen atoms in total. The number of aryl methyl sites for hydroxylation is 1. The Labute approximate surface area is 124 Å². The highest BCUT2D eigenvalue weighted by molar-refractivity contribution is 5.44. The van der Waals surface area contributed by atoms with Crippen molar-refractivity contribution in [2.75, 3.05) is 18.5 Å². The normalized spacial score (nSPS) is 18.6. The summed E-state index contributed by atoms with van der Waals surface area (Å²) < 4.78 is 13.2. The lowest BCUT2D eigenvalue weighted by molar-refractivity contribution is -0.247. The Hall–Kier alpha value is -1.92. The number of ether oxygens (including phenoxy) is 2. The standard InChI is InChI=1S/C15H20N4O2/c1-11-16-6-7-19(11)14-5-4-12(8-17-14)18-13-9-20-15(2,3)21-10-13/h4-8,13,18H,9-10H2,1-3H3. The van der Waals surface area contributed by atoms with Crippen LogP contribution in [0.5, 0.6) is 0 Å². The Kier molecular flexibility index (Phi) is 3.65. The molecule has 6 heteroatoms. The molecule has 0 atom stereocenters. The van der Waals surface area contributed by atoms with E-state index in [-0.39, 0.29) is 6.04 Å². The minimum Gasteiger partial charge on any atom is -0.376 e. The van der Waals surface area contributed by atoms with Crippen molar-refractivity contribution < 1.29 is 9.47 Å². The van der Waals surface area contributed by atoms with Gasteiger partial charge in [0.2, 0.25) is 0 Å². The predicted molar refractivity (Wildman–Crippen MR) is 79.5 cm³/mol. The molecule has 3 rings (SSSR count). The number of imidazole rings is 1. The minimum atomic E-state index is -0.487. The summed E-state index contributed by atoms with van der Waals surface area (Å²) in [5.74, 6) is 1.28. The fourth-order valence-corrected chi connectivity index (χ4v) is 2.25. The van der Waals surface area contributed by atoms with Crippen molar-refractivity contribution in [3.05, 3.63) is 36.5 Å². The second-order valence-corrected chi connectivity index (χ2v) is 5.61. The molecule has 0 unspecified atom stereocenters. The largest absolute Gasteiger partial charge is 0.376 e. The molecule has 3 heterocycles. The molecule has 0 bridgehead atoms. The van der Waals surface area contributed by atoms with Crippen LogP contribution >= 0.6 is 0 Å². The van der Waals surface area contributed by atoms with E-state index < -0.39 is 5.79 Å². The van der Waals surface area contributed by atoms with Gasteiger partial charge in [-0.05, 0) is 32.9 Å². The molecular weight excluding hydrogens is 268 g/mol. The van der Waals surface area contributed by atoms with E-state index in [0.717, 1.165) is 17.3 Å². The van der Waals surface area contributed by atoms with Gasteiger partial charge in [-0.3, -0.25) is 4.57 Å². The number of nitrogens with one attached hydrogen (secondary N) is 1. The maximum atomic E-state index is 5.63. The molecule has 0 aliphatic carbocycles. The van der Waals surface area contributed by atoms with E-state index in [1.54, 1.807) is 6.20 Å². The molecule has 1 N–H and O–H groups in total. The van der Waals surface area contributed by atoms with Crippen molar-refractivity contribution in [3.8, 4) is 5.82 Å². The van der Waals surface area contributed by atoms with Crippen LogP contribution in [0.2, 0.25) is 0 Å². The van der Waals surface area contributed by atoms with E-state index >= 15 is 0 Å². The lowest BCUT2D eigenvalue weighted by atomic mass is 10.2. The van der Waals surface area contributed by atoms with Gasteiger partial charge in [0.05, 0.1) is 31.1 Å². The van der Waals surface area contributed by atoms with E-state index in [9.17, 15) is 0 Å². The van der Waals surface area contributed by atoms with Crippen molar-refractivity contribution in [2.24, 2.45) is 0 Å². The second kappa shape index (κ2) is 5.46. The van der Waals surface area contributed by atoms with Gasteiger partial charge in [0.25, 0.3) is 0 Å². The van der Waals surface area contributed by atoms with E-state index in [2.05, 4.69) is 15.3 Å². The minimum absolute atomic E-state index is 0.139. The summed E-state index contributed by atoms with van der Waals surface area (Å²) in [5, 5.41) is 3.37. The first-order valence-electron chi connectivity index (χ1n) is 7.04. The third kappa shape index (κ3) is 3.22. The molecule has 0 spiro atoms. The molecule has 1 saturated heterocycles. The lowest BCUT2D eigenvalue weighted by Crippen LogP contribution is -2.45. The lowest BCUT2D eigenvalue weighted by Gasteiger charge is -2.35. The van der Waals surface area contributed by atoms with Gasteiger partial charge < -0.3 is 14.8 Å². The second-order valence-electron chi connectivity index (χ2n) is 5.61. The van der Waals surface area contributed by atoms with Crippen molar-refractivity contribution in [1.82, 2.24) is 14.5 Å². The van der Waals surface area contributed by atoms with Crippen LogP contribution in [-0.2, 0) is 9.47 Å². The Morgan fingerprint density at radius 2 is 2.00 bits per heavy atom. The quantitative estimate of drug-likeness (QED) is 0.937. The van der Waals surface area contributed by atoms with E-state index in [0.29, 0.717) is 13.2 Å². The summed E-state index contributed by atoms with van der Waals surface area (Å²) in [6.45, 7) is 7.04. The van der Waals surface area contributed by atoms with Crippen LogP contribution in [0.15, 0.2) is 30.7 Å². The first-order valence-corrected chi connectivity index (χ1v) is 7.04. The van der Waals surface area contributed by atoms with Crippen LogP contribution in [-0.4, -0.2) is 39.6 Å². The Balaban J connectivity index is 1.64. The first kappa shape index (κ1) is 14.0. The molecular formula is C15H20N4O2. The predicted octanol–water partition coefficient (Wildman–Crippen LogP) is 2.14. The molecule has 1 fully saturated rings. The zero-order valence-corrected chi connectivity index (χ0v) is 12.5. The molecule has 2 aromatic heterocycles. The van der Waals surface area contributed by atoms with Crippen molar-refractivity contribution >= 4 is 5.69 Å². The Morgan fingerprint density at radius 3 is 2.57 bits per heavy atom. The Morgan fingerprint density at radius 1 is 1.24 bits per heavy atom. The number of anilines is 1. The van der Waals surface area contributed by atoms with Crippen LogP contribution in [0.1, 0.15) is 19.7 Å². The number of pyridine rings is 1. The number of hydrogen-bond acceptors (Lipinski definition) is 5. The zero-order valence-electron chi connectivity index (χ0n) is 12.5. The summed E-state index contributed by atoms with van der Waals surface area (Å²) in [5.41, 5.74) is 0.952. The van der Waals surface area contributed by atoms with E-state index in [1.165, 1.54) is 0 Å². The number of hydrogen-bond donors (Lipinski definition) is 1. The summed E-state index contributed by atoms with van der Waals surface area (Å²) in [6.07, 6.45) is 5.48. The molecule has 1 aliphatic heterocycles. The SMILES string of the molecule is Cc1nccn1-c1ccc(NC2COC(C)(C)OC2)cn1. The van der Waals surface area contributed by atoms with Crippen LogP contribution < -0.4 is 5.32 Å². The van der Waals surface area contributed by atoms with Gasteiger partial charge in [-0.25, -0.2) is 9.97 Å². The van der Waals surface area contributed by atoms with Crippen molar-refractivity contribution in [1.29, 1.82) is 0 Å². The van der Waals surface area contributed by atoms with Gasteiger partial charge in [0.15, 0.2) is 5.79 Å². The van der Waals surface area contributed by atoms with E-state index in [1.807, 2.05) is 49.9 Å². The molecule has 21 heavy (non-hydrogen) atoms. The zero-order chi connectivity index (χ0) is 14.9. The molecule has 0 radical (unpaired) electrons. The summed E-state index contributed by atoms with van der Waals surface area (Å²) in [6, 6.07) is 4.10. The van der Waals surface area contributed by atoms with Crippen molar-refractivity contribution in [3.63, 3.8) is 0 Å². The average Bonchev–Trinajstić information content (AvgIpc) is 2.88. The van der Waals surface area contributed by atoms with Crippen LogP contribution in [0.3, 0.4) is 0 Å². The Bertz CT molecular complexity index is 596. The molecule has 0 amide bonds. The van der Waals surface area contributed by atoms with Gasteiger partial charge in [-0.15, -0.1) is 0 Å². The van der Waals surface area contributed by atoms with Crippen LogP contribution in [0.25, 0.3) is 5.82 Å². The molecule has 0 aromatic carbocycles. The first-order chi connectivity index (χ1) is 10.0. The highest BCUT2D eigenvalue weighted by Gasteiger charge is 2.28. The fourth-order valence-electron chi connectivity index (χ4n) is 2.25. The van der Waals surface area contributed by atoms with Gasteiger partial charge in [0, 0.05) is 12.4 Å². The summed E-state index contributed by atoms with van der Waals surface area (Å²) in [7, 11) is 0. The fraction of sp³-hybridized carbons (Fsp3) is 0.467. The average molecular weight is 288 g/mol. The topological polar surface area (TPSA) is 61.2 Å². The summed E-state index contributed by atoms with van der Waals surface area (Å²) >= 11 is 0. The van der Waals surface area contributed by atoms with Crippen LogP contribution in [0, 0.1) is 6.92 Å². The van der Waals surface area contributed by atoms with E-state index in [4.69, 9.17) is 9.47 Å². The maximum absolute atomic E-state index is 5.63. The molecule has 1 aliphatic rings. The van der Waals surface area contributed by atoms with Gasteiger partial charge in [0.1, 0.15) is 11.6 Å². The molecule has 0 saturated carbocycles. The number of rotatable bonds is 3. The highest BCUT2D eigenvalue weighted by Crippen LogP contribution is 2.19. The third-order valence-corrected chi connectivity index (χ3v) is 3.46. The van der Waals surface area contributed by atoms with Crippen LogP contribution in [0.4, 0.5) is 5.69 Å². The van der Waals surface area contributed by atoms with Gasteiger partial charge in [-0.2, -0.15) is 0 Å². The molecule has 112 valence electrons. The summed E-state index contributed by atoms with van der Waals surface area (Å²) in [4.78, 5) is 8.65. The van der Waals surface area contributed by atoms with Gasteiger partial charge >= 0.3 is 0 Å². The number of aromatic nitrogens is 3. The monoisotopic (exact) mass is 288 g/mol.